The molecule has 3 N–H and O–H groups in total. The van der Waals surface area contributed by atoms with Gasteiger partial charge in [0.1, 0.15) is 0 Å². The second kappa shape index (κ2) is 9.83. The number of benzene rings is 1. The van der Waals surface area contributed by atoms with Gasteiger partial charge in [0.05, 0.1) is 6.20 Å². The van der Waals surface area contributed by atoms with Gasteiger partial charge >= 0.3 is 0 Å². The van der Waals surface area contributed by atoms with Crippen LogP contribution in [-0.4, -0.2) is 41.8 Å². The zero-order valence-electron chi connectivity index (χ0n) is 20.1. The van der Waals surface area contributed by atoms with Crippen molar-refractivity contribution in [2.75, 3.05) is 30.4 Å². The first-order chi connectivity index (χ1) is 17.1. The van der Waals surface area contributed by atoms with Gasteiger partial charge in [-0.3, -0.25) is 0 Å². The van der Waals surface area contributed by atoms with Crippen LogP contribution in [0, 0.1) is 29.0 Å². The fraction of sp³-hybridized carbons (Fsp3) is 0.630. The number of anilines is 2. The maximum Gasteiger partial charge on any atom is 0.225 e. The molecule has 5 aliphatic rings. The van der Waals surface area contributed by atoms with E-state index in [1.165, 1.54) is 38.3 Å². The van der Waals surface area contributed by atoms with E-state index >= 15 is 0 Å². The van der Waals surface area contributed by atoms with Crippen molar-refractivity contribution in [3.63, 3.8) is 0 Å². The Labute approximate surface area is 211 Å². The molecule has 3 unspecified atom stereocenters. The van der Waals surface area contributed by atoms with Gasteiger partial charge in [0.15, 0.2) is 11.6 Å². The first-order valence-corrected chi connectivity index (χ1v) is 13.5. The number of hydrogen-bond donors (Lipinski definition) is 3. The molecule has 188 valence electrons. The molecular weight excluding hydrogens is 465 g/mol. The monoisotopic (exact) mass is 499 g/mol. The van der Waals surface area contributed by atoms with Crippen LogP contribution in [0.5, 0.6) is 0 Å². The van der Waals surface area contributed by atoms with E-state index in [0.717, 1.165) is 55.9 Å². The molecular formula is C27H35ClFN5O. The van der Waals surface area contributed by atoms with E-state index in [2.05, 4.69) is 25.9 Å². The van der Waals surface area contributed by atoms with Crippen LogP contribution in [0.15, 0.2) is 30.5 Å². The molecule has 1 aromatic heterocycles. The summed E-state index contributed by atoms with van der Waals surface area (Å²) in [5, 5.41) is 11.3. The highest BCUT2D eigenvalue weighted by atomic mass is 35.5. The molecule has 4 bridgehead atoms. The molecule has 5 atom stereocenters. The summed E-state index contributed by atoms with van der Waals surface area (Å²) in [5.74, 6) is 2.56. The molecule has 2 heterocycles. The van der Waals surface area contributed by atoms with E-state index < -0.39 is 5.82 Å². The summed E-state index contributed by atoms with van der Waals surface area (Å²) in [6.45, 7) is 3.03. The summed E-state index contributed by atoms with van der Waals surface area (Å²) in [6, 6.07) is 8.89. The van der Waals surface area contributed by atoms with E-state index in [4.69, 9.17) is 16.3 Å². The zero-order valence-corrected chi connectivity index (χ0v) is 20.9. The quantitative estimate of drug-likeness (QED) is 0.460. The number of nitrogens with one attached hydrogen (secondary N) is 3. The van der Waals surface area contributed by atoms with Crippen LogP contribution in [0.1, 0.15) is 50.5 Å². The maximum atomic E-state index is 14.6. The highest BCUT2D eigenvalue weighted by Crippen LogP contribution is 2.60. The molecule has 0 radical (unpaired) electrons. The van der Waals surface area contributed by atoms with Gasteiger partial charge in [-0.15, -0.1) is 0 Å². The molecule has 1 aliphatic heterocycles. The number of ether oxygens (including phenoxy) is 1. The number of aromatic nitrogens is 2. The molecule has 0 amide bonds. The van der Waals surface area contributed by atoms with Crippen molar-refractivity contribution in [1.29, 1.82) is 0 Å². The van der Waals surface area contributed by atoms with Crippen LogP contribution in [0.25, 0.3) is 0 Å². The van der Waals surface area contributed by atoms with Gasteiger partial charge in [-0.05, 0) is 79.7 Å². The van der Waals surface area contributed by atoms with Crippen molar-refractivity contribution in [2.45, 2.75) is 63.6 Å². The summed E-state index contributed by atoms with van der Waals surface area (Å²) < 4.78 is 20.2. The van der Waals surface area contributed by atoms with Gasteiger partial charge < -0.3 is 20.7 Å². The molecule has 4 saturated carbocycles. The van der Waals surface area contributed by atoms with Crippen LogP contribution >= 0.6 is 11.6 Å². The minimum atomic E-state index is -0.405. The van der Waals surface area contributed by atoms with Crippen LogP contribution in [0.3, 0.4) is 0 Å². The average molecular weight is 500 g/mol. The van der Waals surface area contributed by atoms with Crippen LogP contribution in [-0.2, 0) is 11.3 Å². The van der Waals surface area contributed by atoms with Gasteiger partial charge in [0, 0.05) is 43.4 Å². The lowest BCUT2D eigenvalue weighted by molar-refractivity contribution is -0.0752. The Bertz CT molecular complexity index is 1030. The average Bonchev–Trinajstić information content (AvgIpc) is 2.86. The molecule has 1 aromatic carbocycles. The highest BCUT2D eigenvalue weighted by Gasteiger charge is 2.55. The third-order valence-electron chi connectivity index (χ3n) is 8.82. The Kier molecular flexibility index (Phi) is 6.58. The first-order valence-electron chi connectivity index (χ1n) is 13.1. The van der Waals surface area contributed by atoms with E-state index in [-0.39, 0.29) is 11.2 Å². The van der Waals surface area contributed by atoms with Crippen molar-refractivity contribution in [3.8, 4) is 0 Å². The number of halogens is 2. The van der Waals surface area contributed by atoms with Crippen molar-refractivity contribution in [2.24, 2.45) is 23.2 Å². The van der Waals surface area contributed by atoms with E-state index in [1.54, 1.807) is 0 Å². The summed E-state index contributed by atoms with van der Waals surface area (Å²) in [4.78, 5) is 8.58. The predicted octanol–water partition coefficient (Wildman–Crippen LogP) is 5.26. The molecule has 0 spiro atoms. The Balaban J connectivity index is 1.09. The molecule has 35 heavy (non-hydrogen) atoms. The van der Waals surface area contributed by atoms with E-state index in [1.807, 2.05) is 24.3 Å². The molecule has 2 aromatic rings. The first kappa shape index (κ1) is 23.4. The molecule has 4 aliphatic carbocycles. The molecule has 1 saturated heterocycles. The summed E-state index contributed by atoms with van der Waals surface area (Å²) in [7, 11) is 0. The second-order valence-electron chi connectivity index (χ2n) is 11.2. The predicted molar refractivity (Wildman–Crippen MR) is 136 cm³/mol. The lowest BCUT2D eigenvalue weighted by atomic mass is 9.48. The van der Waals surface area contributed by atoms with Crippen LogP contribution in [0.2, 0.25) is 5.02 Å². The Morgan fingerprint density at radius 3 is 2.60 bits per heavy atom. The second-order valence-corrected chi connectivity index (χ2v) is 11.6. The van der Waals surface area contributed by atoms with Gasteiger partial charge in [-0.1, -0.05) is 29.8 Å². The normalized spacial score (nSPS) is 32.1. The Morgan fingerprint density at radius 1 is 1.06 bits per heavy atom. The number of hydrogen-bond acceptors (Lipinski definition) is 6. The topological polar surface area (TPSA) is 71.1 Å². The van der Waals surface area contributed by atoms with Gasteiger partial charge in [-0.2, -0.15) is 4.98 Å². The number of rotatable bonds is 8. The molecule has 5 fully saturated rings. The SMILES string of the molecule is Fc1cnc(NCc2ccccc2Cl)nc1NCC12CC3C[C@H](C1)C(NC1CCOCC1)[C@@H](C3)C2. The van der Waals surface area contributed by atoms with Crippen molar-refractivity contribution >= 4 is 23.4 Å². The molecule has 6 nitrogen and oxygen atoms in total. The largest absolute Gasteiger partial charge is 0.381 e. The third-order valence-corrected chi connectivity index (χ3v) is 9.19. The lowest BCUT2D eigenvalue weighted by Crippen LogP contribution is -2.61. The van der Waals surface area contributed by atoms with E-state index in [0.29, 0.717) is 29.6 Å². The van der Waals surface area contributed by atoms with Crippen LogP contribution in [0.4, 0.5) is 16.2 Å². The highest BCUT2D eigenvalue weighted by molar-refractivity contribution is 6.31. The Hall–Kier alpha value is -1.96. The minimum Gasteiger partial charge on any atom is -0.381 e. The third kappa shape index (κ3) is 5.00. The molecule has 8 heteroatoms. The molecule has 7 rings (SSSR count). The number of nitrogens with zero attached hydrogens (tertiary/aromatic N) is 2. The maximum absolute atomic E-state index is 14.6. The smallest absolute Gasteiger partial charge is 0.225 e. The van der Waals surface area contributed by atoms with E-state index in [9.17, 15) is 4.39 Å². The van der Waals surface area contributed by atoms with Crippen molar-refractivity contribution in [3.05, 3.63) is 46.9 Å². The van der Waals surface area contributed by atoms with Crippen molar-refractivity contribution < 1.29 is 9.13 Å². The van der Waals surface area contributed by atoms with Crippen LogP contribution < -0.4 is 16.0 Å². The summed E-state index contributed by atoms with van der Waals surface area (Å²) in [6.07, 6.45) is 9.89. The van der Waals surface area contributed by atoms with Crippen molar-refractivity contribution in [1.82, 2.24) is 15.3 Å². The fourth-order valence-corrected chi connectivity index (χ4v) is 7.68. The fourth-order valence-electron chi connectivity index (χ4n) is 7.48. The summed E-state index contributed by atoms with van der Waals surface area (Å²) >= 11 is 6.25. The van der Waals surface area contributed by atoms with Gasteiger partial charge in [0.2, 0.25) is 5.95 Å². The minimum absolute atomic E-state index is 0.243. The van der Waals surface area contributed by atoms with Gasteiger partial charge in [-0.25, -0.2) is 9.37 Å². The Morgan fingerprint density at radius 2 is 1.83 bits per heavy atom. The lowest BCUT2D eigenvalue weighted by Gasteiger charge is -2.61. The zero-order chi connectivity index (χ0) is 23.8. The summed E-state index contributed by atoms with van der Waals surface area (Å²) in [5.41, 5.74) is 1.20. The van der Waals surface area contributed by atoms with Gasteiger partial charge in [0.25, 0.3) is 0 Å². The standard InChI is InChI=1S/C27H35ClFN5O/c28-22-4-2-1-3-18(22)14-30-26-31-15-23(29)25(34-26)32-16-27-11-17-9-19(12-27)24(20(10-17)13-27)33-21-5-7-35-8-6-21/h1-4,15,17,19-21,24,33H,5-14,16H2,(H2,30,31,32,34)/t17?,19-,20+,24?,27?.